The molecule has 0 saturated heterocycles. The van der Waals surface area contributed by atoms with Crippen molar-refractivity contribution in [3.8, 4) is 0 Å². The molecule has 0 atom stereocenters. The van der Waals surface area contributed by atoms with Crippen LogP contribution in [0.25, 0.3) is 0 Å². The maximum atomic E-state index is 13.8. The molecule has 2 rings (SSSR count). The Morgan fingerprint density at radius 3 is 2.38 bits per heavy atom. The highest BCUT2D eigenvalue weighted by Gasteiger charge is 2.21. The van der Waals surface area contributed by atoms with Gasteiger partial charge >= 0.3 is 0 Å². The predicted molar refractivity (Wildman–Crippen MR) is 81.0 cm³/mol. The zero-order valence-electron chi connectivity index (χ0n) is 12.2. The fourth-order valence-corrected chi connectivity index (χ4v) is 2.68. The summed E-state index contributed by atoms with van der Waals surface area (Å²) in [7, 11) is 0. The van der Waals surface area contributed by atoms with Gasteiger partial charge in [-0.05, 0) is 19.1 Å². The Morgan fingerprint density at radius 1 is 1.14 bits per heavy atom. The molecule has 0 fully saturated rings. The molecule has 0 aliphatic carbocycles. The fourth-order valence-electron chi connectivity index (χ4n) is 1.57. The van der Waals surface area contributed by atoms with Gasteiger partial charge in [0.2, 0.25) is 0 Å². The Hall–Kier alpha value is -1.20. The van der Waals surface area contributed by atoms with E-state index in [1.54, 1.807) is 6.92 Å². The summed E-state index contributed by atoms with van der Waals surface area (Å²) >= 11 is 7.25. The maximum absolute atomic E-state index is 13.8. The quantitative estimate of drug-likeness (QED) is 0.712. The smallest absolute Gasteiger partial charge is 0.140 e. The monoisotopic (exact) mass is 328 g/mol. The maximum Gasteiger partial charge on any atom is 0.140 e. The molecular formula is C15H15ClF2N2S. The van der Waals surface area contributed by atoms with E-state index in [2.05, 4.69) is 9.97 Å². The second-order valence-corrected chi connectivity index (χ2v) is 7.08. The second kappa shape index (κ2) is 5.89. The van der Waals surface area contributed by atoms with Gasteiger partial charge in [0.15, 0.2) is 0 Å². The van der Waals surface area contributed by atoms with Gasteiger partial charge in [-0.15, -0.1) is 0 Å². The highest BCUT2D eigenvalue weighted by Crippen LogP contribution is 2.34. The summed E-state index contributed by atoms with van der Waals surface area (Å²) in [6.07, 6.45) is 0. The average Bonchev–Trinajstić information content (AvgIpc) is 2.36. The average molecular weight is 329 g/mol. The molecule has 0 unspecified atom stereocenters. The van der Waals surface area contributed by atoms with Crippen molar-refractivity contribution in [3.05, 3.63) is 46.4 Å². The molecule has 0 aliphatic rings. The Kier molecular flexibility index (Phi) is 4.54. The summed E-state index contributed by atoms with van der Waals surface area (Å²) in [4.78, 5) is 9.04. The first kappa shape index (κ1) is 16.2. The van der Waals surface area contributed by atoms with Crippen LogP contribution in [0.4, 0.5) is 8.78 Å². The molecule has 0 aliphatic heterocycles. The Morgan fingerprint density at radius 2 is 1.81 bits per heavy atom. The van der Waals surface area contributed by atoms with Gasteiger partial charge in [0.25, 0.3) is 0 Å². The van der Waals surface area contributed by atoms with Crippen LogP contribution in [0, 0.1) is 18.6 Å². The third-order valence-electron chi connectivity index (χ3n) is 2.81. The summed E-state index contributed by atoms with van der Waals surface area (Å²) in [5.74, 6) is -0.640. The van der Waals surface area contributed by atoms with Gasteiger partial charge in [-0.2, -0.15) is 0 Å². The lowest BCUT2D eigenvalue weighted by Crippen LogP contribution is -2.17. The first-order chi connectivity index (χ1) is 9.68. The minimum absolute atomic E-state index is 0.270. The van der Waals surface area contributed by atoms with Gasteiger partial charge in [0, 0.05) is 21.9 Å². The highest BCUT2D eigenvalue weighted by atomic mass is 35.5. The molecule has 0 spiro atoms. The van der Waals surface area contributed by atoms with Crippen molar-refractivity contribution in [1.29, 1.82) is 0 Å². The topological polar surface area (TPSA) is 25.8 Å². The molecular weight excluding hydrogens is 314 g/mol. The van der Waals surface area contributed by atoms with E-state index in [1.807, 2.05) is 20.8 Å². The largest absolute Gasteiger partial charge is 0.225 e. The molecule has 0 radical (unpaired) electrons. The summed E-state index contributed by atoms with van der Waals surface area (Å²) in [6, 6.07) is 3.46. The predicted octanol–water partition coefficient (Wildman–Crippen LogP) is 5.17. The van der Waals surface area contributed by atoms with Crippen molar-refractivity contribution < 1.29 is 8.78 Å². The van der Waals surface area contributed by atoms with E-state index in [4.69, 9.17) is 11.6 Å². The van der Waals surface area contributed by atoms with Crippen LogP contribution >= 0.6 is 23.4 Å². The molecule has 0 N–H and O–H groups in total. The summed E-state index contributed by atoms with van der Waals surface area (Å²) < 4.78 is 26.7. The zero-order valence-corrected chi connectivity index (χ0v) is 13.7. The molecule has 0 saturated carbocycles. The third kappa shape index (κ3) is 3.71. The van der Waals surface area contributed by atoms with Crippen LogP contribution in [0.15, 0.2) is 28.1 Å². The van der Waals surface area contributed by atoms with Crippen LogP contribution in [0.3, 0.4) is 0 Å². The van der Waals surface area contributed by atoms with Gasteiger partial charge in [-0.3, -0.25) is 0 Å². The van der Waals surface area contributed by atoms with E-state index in [0.717, 1.165) is 17.8 Å². The van der Waals surface area contributed by atoms with Crippen molar-refractivity contribution in [2.75, 3.05) is 0 Å². The van der Waals surface area contributed by atoms with E-state index < -0.39 is 11.6 Å². The van der Waals surface area contributed by atoms with Crippen molar-refractivity contribution in [2.45, 2.75) is 43.0 Å². The van der Waals surface area contributed by atoms with E-state index in [1.165, 1.54) is 12.1 Å². The minimum Gasteiger partial charge on any atom is -0.225 e. The molecule has 0 amide bonds. The van der Waals surface area contributed by atoms with Crippen molar-refractivity contribution in [3.63, 3.8) is 0 Å². The number of benzene rings is 1. The molecule has 2 nitrogen and oxygen atoms in total. The molecule has 6 heteroatoms. The molecule has 2 aromatic rings. The van der Waals surface area contributed by atoms with Crippen molar-refractivity contribution >= 4 is 23.4 Å². The molecule has 0 bridgehead atoms. The normalized spacial score (nSPS) is 11.8. The third-order valence-corrected chi connectivity index (χ3v) is 4.32. The molecule has 1 heterocycles. The number of rotatable bonds is 2. The highest BCUT2D eigenvalue weighted by molar-refractivity contribution is 7.99. The van der Waals surface area contributed by atoms with Crippen molar-refractivity contribution in [1.82, 2.24) is 9.97 Å². The van der Waals surface area contributed by atoms with Gasteiger partial charge < -0.3 is 0 Å². The lowest BCUT2D eigenvalue weighted by molar-refractivity contribution is 0.537. The van der Waals surface area contributed by atoms with Crippen LogP contribution in [0.5, 0.6) is 0 Å². The Bertz CT molecular complexity index is 684. The van der Waals surface area contributed by atoms with Crippen LogP contribution in [-0.4, -0.2) is 9.97 Å². The number of hydrogen-bond donors (Lipinski definition) is 0. The summed E-state index contributed by atoms with van der Waals surface area (Å²) in [5.41, 5.74) is 0.409. The number of nitrogens with zero attached hydrogens (tertiary/aromatic N) is 2. The lowest BCUT2D eigenvalue weighted by atomic mass is 9.96. The van der Waals surface area contributed by atoms with E-state index in [-0.39, 0.29) is 5.41 Å². The summed E-state index contributed by atoms with van der Waals surface area (Å²) in [6.45, 7) is 7.70. The van der Waals surface area contributed by atoms with Gasteiger partial charge in [-0.25, -0.2) is 18.7 Å². The Balaban J connectivity index is 2.46. The van der Waals surface area contributed by atoms with Gasteiger partial charge in [0.1, 0.15) is 27.6 Å². The number of hydrogen-bond acceptors (Lipinski definition) is 3. The van der Waals surface area contributed by atoms with Crippen LogP contribution in [-0.2, 0) is 5.41 Å². The van der Waals surface area contributed by atoms with Gasteiger partial charge in [-0.1, -0.05) is 44.1 Å². The summed E-state index contributed by atoms with van der Waals surface area (Å²) in [5, 5.41) is 0.922. The fraction of sp³-hybridized carbons (Fsp3) is 0.333. The van der Waals surface area contributed by atoms with Crippen LogP contribution in [0.2, 0.25) is 5.15 Å². The standard InChI is InChI=1S/C15H15ClF2N2S/c1-8-12(16)19-14(15(2,3)4)20-13(8)21-11-6-5-9(17)7-10(11)18/h5-7H,1-4H3. The molecule has 21 heavy (non-hydrogen) atoms. The first-order valence-corrected chi connectivity index (χ1v) is 7.55. The van der Waals surface area contributed by atoms with Crippen LogP contribution < -0.4 is 0 Å². The van der Waals surface area contributed by atoms with Crippen molar-refractivity contribution in [2.24, 2.45) is 0 Å². The molecule has 1 aromatic heterocycles. The molecule has 112 valence electrons. The lowest BCUT2D eigenvalue weighted by Gasteiger charge is -2.18. The number of halogens is 3. The van der Waals surface area contributed by atoms with Gasteiger partial charge in [0.05, 0.1) is 0 Å². The Labute approximate surface area is 132 Å². The minimum atomic E-state index is -0.619. The molecule has 1 aromatic carbocycles. The zero-order chi connectivity index (χ0) is 15.8. The first-order valence-electron chi connectivity index (χ1n) is 6.36. The SMILES string of the molecule is Cc1c(Cl)nc(C(C)(C)C)nc1Sc1ccc(F)cc1F. The van der Waals surface area contributed by atoms with E-state index in [9.17, 15) is 8.78 Å². The second-order valence-electron chi connectivity index (χ2n) is 5.69. The van der Waals surface area contributed by atoms with E-state index >= 15 is 0 Å². The van der Waals surface area contributed by atoms with Crippen LogP contribution in [0.1, 0.15) is 32.2 Å². The number of aromatic nitrogens is 2. The van der Waals surface area contributed by atoms with E-state index in [0.29, 0.717) is 26.5 Å².